The summed E-state index contributed by atoms with van der Waals surface area (Å²) in [5.74, 6) is -1.64. The molecular weight excluding hydrogens is 468 g/mol. The molecule has 0 saturated carbocycles. The van der Waals surface area contributed by atoms with Crippen LogP contribution in [0.25, 0.3) is 6.08 Å². The minimum Gasteiger partial charge on any atom is -0.481 e. The number of hydrogen-bond acceptors (Lipinski definition) is 6. The van der Waals surface area contributed by atoms with E-state index in [-0.39, 0.29) is 12.2 Å². The number of rotatable bonds is 5. The number of imide groups is 2. The van der Waals surface area contributed by atoms with Gasteiger partial charge >= 0.3 is 12.0 Å². The van der Waals surface area contributed by atoms with Crippen molar-refractivity contribution in [2.24, 2.45) is 0 Å². The number of aryl methyl sites for hydroxylation is 2. The van der Waals surface area contributed by atoms with Gasteiger partial charge in [0.1, 0.15) is 11.3 Å². The van der Waals surface area contributed by atoms with Crippen LogP contribution in [0.5, 0.6) is 5.75 Å². The lowest BCUT2D eigenvalue weighted by Crippen LogP contribution is -2.54. The number of ether oxygens (including phenoxy) is 2. The molecule has 0 atom stereocenters. The van der Waals surface area contributed by atoms with Crippen molar-refractivity contribution in [3.05, 3.63) is 63.1 Å². The summed E-state index contributed by atoms with van der Waals surface area (Å²) in [6, 6.07) is 9.18. The van der Waals surface area contributed by atoms with Crippen LogP contribution in [0.4, 0.5) is 10.5 Å². The monoisotopic (exact) mass is 486 g/mol. The number of halogens is 1. The minimum atomic E-state index is -0.803. The fraction of sp³-hybridized carbons (Fsp3) is 0.182. The van der Waals surface area contributed by atoms with E-state index in [0.29, 0.717) is 21.5 Å². The first-order valence-corrected chi connectivity index (χ1v) is 9.98. The quantitative estimate of drug-likeness (QED) is 0.395. The van der Waals surface area contributed by atoms with Crippen molar-refractivity contribution >= 4 is 51.5 Å². The van der Waals surface area contributed by atoms with Crippen molar-refractivity contribution in [2.45, 2.75) is 13.8 Å². The number of methoxy groups -OCH3 is 1. The van der Waals surface area contributed by atoms with Crippen molar-refractivity contribution in [1.29, 1.82) is 0 Å². The number of hydrogen-bond donors (Lipinski definition) is 1. The summed E-state index contributed by atoms with van der Waals surface area (Å²) >= 11 is 3.33. The fourth-order valence-corrected chi connectivity index (χ4v) is 3.35. The molecule has 3 rings (SSSR count). The van der Waals surface area contributed by atoms with Gasteiger partial charge in [-0.2, -0.15) is 0 Å². The lowest BCUT2D eigenvalue weighted by atomic mass is 10.1. The summed E-state index contributed by atoms with van der Waals surface area (Å²) in [5.41, 5.74) is 2.63. The molecule has 0 radical (unpaired) electrons. The van der Waals surface area contributed by atoms with Crippen LogP contribution in [-0.2, 0) is 19.1 Å². The molecule has 0 bridgehead atoms. The highest BCUT2D eigenvalue weighted by molar-refractivity contribution is 9.10. The van der Waals surface area contributed by atoms with Crippen LogP contribution in [0.15, 0.2) is 46.4 Å². The summed E-state index contributed by atoms with van der Waals surface area (Å²) in [7, 11) is 1.26. The largest absolute Gasteiger partial charge is 0.481 e. The van der Waals surface area contributed by atoms with Gasteiger partial charge in [-0.25, -0.2) is 14.5 Å². The van der Waals surface area contributed by atoms with Crippen LogP contribution in [0.3, 0.4) is 0 Å². The molecule has 1 aliphatic rings. The number of carbonyl (C=O) groups excluding carboxylic acids is 4. The van der Waals surface area contributed by atoms with Crippen molar-refractivity contribution in [3.8, 4) is 5.75 Å². The average Bonchev–Trinajstić information content (AvgIpc) is 2.72. The first-order valence-electron chi connectivity index (χ1n) is 9.19. The van der Waals surface area contributed by atoms with Gasteiger partial charge in [-0.15, -0.1) is 0 Å². The predicted octanol–water partition coefficient (Wildman–Crippen LogP) is 3.28. The van der Waals surface area contributed by atoms with Gasteiger partial charge in [-0.05, 0) is 76.8 Å². The molecule has 0 aromatic heterocycles. The van der Waals surface area contributed by atoms with Crippen LogP contribution in [0, 0.1) is 13.8 Å². The molecule has 2 aromatic carbocycles. The summed E-state index contributed by atoms with van der Waals surface area (Å²) in [6.07, 6.45) is 1.38. The third kappa shape index (κ3) is 4.83. The highest BCUT2D eigenvalue weighted by Gasteiger charge is 2.36. The molecule has 0 spiro atoms. The Kier molecular flexibility index (Phi) is 6.55. The van der Waals surface area contributed by atoms with Crippen molar-refractivity contribution in [1.82, 2.24) is 5.32 Å². The van der Waals surface area contributed by atoms with Crippen molar-refractivity contribution in [2.75, 3.05) is 18.6 Å². The maximum atomic E-state index is 13.0. The van der Waals surface area contributed by atoms with E-state index < -0.39 is 23.8 Å². The Morgan fingerprint density at radius 3 is 2.48 bits per heavy atom. The van der Waals surface area contributed by atoms with E-state index in [2.05, 4.69) is 26.0 Å². The molecule has 1 fully saturated rings. The molecule has 0 aliphatic carbocycles. The van der Waals surface area contributed by atoms with Crippen LogP contribution in [0.1, 0.15) is 16.7 Å². The second kappa shape index (κ2) is 9.13. The number of barbiturate groups is 1. The second-order valence-corrected chi connectivity index (χ2v) is 7.64. The van der Waals surface area contributed by atoms with Crippen molar-refractivity contribution in [3.63, 3.8) is 0 Å². The highest BCUT2D eigenvalue weighted by atomic mass is 79.9. The number of amides is 4. The van der Waals surface area contributed by atoms with Crippen LogP contribution < -0.4 is 15.0 Å². The summed E-state index contributed by atoms with van der Waals surface area (Å²) in [5, 5.41) is 2.20. The topological polar surface area (TPSA) is 102 Å². The molecule has 1 aliphatic heterocycles. The van der Waals surface area contributed by atoms with Gasteiger partial charge in [-0.3, -0.25) is 14.9 Å². The Labute approximate surface area is 186 Å². The average molecular weight is 487 g/mol. The van der Waals surface area contributed by atoms with Gasteiger partial charge in [0.2, 0.25) is 0 Å². The number of benzene rings is 2. The molecule has 1 heterocycles. The summed E-state index contributed by atoms with van der Waals surface area (Å²) in [6.45, 7) is 3.53. The second-order valence-electron chi connectivity index (χ2n) is 6.78. The zero-order valence-corrected chi connectivity index (χ0v) is 18.6. The zero-order chi connectivity index (χ0) is 22.7. The zero-order valence-electron chi connectivity index (χ0n) is 17.0. The smallest absolute Gasteiger partial charge is 0.343 e. The molecule has 9 heteroatoms. The number of nitrogens with one attached hydrogen (secondary N) is 1. The normalized spacial score (nSPS) is 15.2. The van der Waals surface area contributed by atoms with Crippen LogP contribution in [-0.4, -0.2) is 37.5 Å². The number of nitrogens with zero attached hydrogens (tertiary/aromatic N) is 1. The third-order valence-electron chi connectivity index (χ3n) is 4.69. The first kappa shape index (κ1) is 22.2. The van der Waals surface area contributed by atoms with Gasteiger partial charge < -0.3 is 9.47 Å². The lowest BCUT2D eigenvalue weighted by Gasteiger charge is -2.26. The molecule has 31 heavy (non-hydrogen) atoms. The van der Waals surface area contributed by atoms with Crippen LogP contribution in [0.2, 0.25) is 0 Å². The number of anilines is 1. The highest BCUT2D eigenvalue weighted by Crippen LogP contribution is 2.28. The molecule has 0 unspecified atom stereocenters. The minimum absolute atomic E-state index is 0.187. The lowest BCUT2D eigenvalue weighted by molar-refractivity contribution is -0.143. The fourth-order valence-electron chi connectivity index (χ4n) is 2.84. The van der Waals surface area contributed by atoms with Gasteiger partial charge in [0, 0.05) is 0 Å². The van der Waals surface area contributed by atoms with Gasteiger partial charge in [-0.1, -0.05) is 12.1 Å². The Balaban J connectivity index is 1.90. The van der Waals surface area contributed by atoms with Crippen molar-refractivity contribution < 1.29 is 28.7 Å². The Morgan fingerprint density at radius 2 is 1.84 bits per heavy atom. The number of esters is 1. The molecule has 4 amide bonds. The maximum Gasteiger partial charge on any atom is 0.343 e. The van der Waals surface area contributed by atoms with E-state index in [1.807, 2.05) is 13.8 Å². The van der Waals surface area contributed by atoms with E-state index in [4.69, 9.17) is 4.74 Å². The standard InChI is InChI=1S/C22H19BrN2O6/c1-12-4-6-15(8-13(12)2)25-21(28)16(20(27)24-22(25)29)9-14-5-7-18(17(23)10-14)31-11-19(26)30-3/h4-10H,11H2,1-3H3,(H,24,27,29)/b16-9+. The molecule has 1 N–H and O–H groups in total. The molecule has 160 valence electrons. The summed E-state index contributed by atoms with van der Waals surface area (Å²) in [4.78, 5) is 49.8. The summed E-state index contributed by atoms with van der Waals surface area (Å²) < 4.78 is 10.4. The van der Waals surface area contributed by atoms with Gasteiger partial charge in [0.15, 0.2) is 6.61 Å². The number of carbonyl (C=O) groups is 4. The van der Waals surface area contributed by atoms with E-state index >= 15 is 0 Å². The molecular formula is C22H19BrN2O6. The Hall–Kier alpha value is -3.46. The molecule has 2 aromatic rings. The van der Waals surface area contributed by atoms with E-state index in [1.54, 1.807) is 36.4 Å². The Morgan fingerprint density at radius 1 is 1.10 bits per heavy atom. The van der Waals surface area contributed by atoms with Gasteiger partial charge in [0.25, 0.3) is 11.8 Å². The SMILES string of the molecule is COC(=O)COc1ccc(/C=C2\C(=O)NC(=O)N(c3ccc(C)c(C)c3)C2=O)cc1Br. The molecule has 1 saturated heterocycles. The Bertz CT molecular complexity index is 1120. The van der Waals surface area contributed by atoms with E-state index in [1.165, 1.54) is 13.2 Å². The molecule has 8 nitrogen and oxygen atoms in total. The number of urea groups is 1. The van der Waals surface area contributed by atoms with E-state index in [0.717, 1.165) is 16.0 Å². The predicted molar refractivity (Wildman–Crippen MR) is 117 cm³/mol. The first-order chi connectivity index (χ1) is 14.7. The third-order valence-corrected chi connectivity index (χ3v) is 5.31. The van der Waals surface area contributed by atoms with Crippen LogP contribution >= 0.6 is 15.9 Å². The maximum absolute atomic E-state index is 13.0. The van der Waals surface area contributed by atoms with Gasteiger partial charge in [0.05, 0.1) is 17.3 Å². The van der Waals surface area contributed by atoms with E-state index in [9.17, 15) is 19.2 Å².